The summed E-state index contributed by atoms with van der Waals surface area (Å²) in [5.74, 6) is -0.426. The SMILES string of the molecule is COC(=O)/C=C/c1ccccc1C(=O)[Si](C)(C)C(C)(C)C. The van der Waals surface area contributed by atoms with E-state index < -0.39 is 14.0 Å². The Hall–Kier alpha value is -1.68. The Balaban J connectivity index is 3.23. The predicted molar refractivity (Wildman–Crippen MR) is 89.0 cm³/mol. The van der Waals surface area contributed by atoms with E-state index in [-0.39, 0.29) is 10.4 Å². The van der Waals surface area contributed by atoms with Crippen LogP contribution in [0.4, 0.5) is 0 Å². The highest BCUT2D eigenvalue weighted by Crippen LogP contribution is 2.38. The van der Waals surface area contributed by atoms with Crippen LogP contribution < -0.4 is 0 Å². The lowest BCUT2D eigenvalue weighted by molar-refractivity contribution is -0.134. The summed E-state index contributed by atoms with van der Waals surface area (Å²) in [5.41, 5.74) is 1.45. The predicted octanol–water partition coefficient (Wildman–Crippen LogP) is 4.10. The smallest absolute Gasteiger partial charge is 0.330 e. The molecule has 0 aliphatic rings. The summed E-state index contributed by atoms with van der Waals surface area (Å²) < 4.78 is 4.59. The molecule has 21 heavy (non-hydrogen) atoms. The molecule has 1 rings (SSSR count). The highest BCUT2D eigenvalue weighted by Gasteiger charge is 2.42. The van der Waals surface area contributed by atoms with Crippen LogP contribution in [0.15, 0.2) is 30.3 Å². The van der Waals surface area contributed by atoms with Gasteiger partial charge in [0.2, 0.25) is 0 Å². The number of hydrogen-bond donors (Lipinski definition) is 0. The highest BCUT2D eigenvalue weighted by molar-refractivity contribution is 7.08. The van der Waals surface area contributed by atoms with Crippen molar-refractivity contribution < 1.29 is 14.3 Å². The molecule has 0 atom stereocenters. The van der Waals surface area contributed by atoms with Gasteiger partial charge in [0, 0.05) is 11.6 Å². The van der Waals surface area contributed by atoms with Crippen molar-refractivity contribution in [2.24, 2.45) is 0 Å². The Bertz CT molecular complexity index is 566. The van der Waals surface area contributed by atoms with Gasteiger partial charge in [-0.05, 0) is 16.7 Å². The molecule has 0 aromatic heterocycles. The molecule has 0 heterocycles. The fourth-order valence-electron chi connectivity index (χ4n) is 1.75. The largest absolute Gasteiger partial charge is 0.466 e. The third kappa shape index (κ3) is 3.91. The van der Waals surface area contributed by atoms with Crippen molar-refractivity contribution in [3.05, 3.63) is 41.5 Å². The molecule has 0 saturated heterocycles. The van der Waals surface area contributed by atoms with Gasteiger partial charge in [0.1, 0.15) is 13.5 Å². The molecular weight excluding hydrogens is 280 g/mol. The molecule has 0 N–H and O–H groups in total. The molecule has 1 aromatic carbocycles. The summed E-state index contributed by atoms with van der Waals surface area (Å²) in [6.07, 6.45) is 2.99. The van der Waals surface area contributed by atoms with Crippen LogP contribution in [0, 0.1) is 0 Å². The Morgan fingerprint density at radius 1 is 1.14 bits per heavy atom. The van der Waals surface area contributed by atoms with E-state index in [0.29, 0.717) is 5.56 Å². The number of carbonyl (C=O) groups excluding carboxylic acids is 2. The summed E-state index contributed by atoms with van der Waals surface area (Å²) in [5, 5.41) is 0.184. The molecule has 0 aliphatic heterocycles. The Labute approximate surface area is 128 Å². The van der Waals surface area contributed by atoms with Gasteiger partial charge < -0.3 is 9.53 Å². The van der Waals surface area contributed by atoms with Crippen LogP contribution in [0.2, 0.25) is 18.1 Å². The quantitative estimate of drug-likeness (QED) is 0.478. The first-order valence-corrected chi connectivity index (χ1v) is 10.0. The van der Waals surface area contributed by atoms with Crippen LogP contribution in [0.25, 0.3) is 6.08 Å². The first kappa shape index (κ1) is 17.4. The summed E-state index contributed by atoms with van der Waals surface area (Å²) in [7, 11) is -0.801. The third-order valence-corrected chi connectivity index (χ3v) is 9.40. The highest BCUT2D eigenvalue weighted by atomic mass is 28.3. The monoisotopic (exact) mass is 304 g/mol. The number of ether oxygens (including phenoxy) is 1. The topological polar surface area (TPSA) is 43.4 Å². The summed E-state index contributed by atoms with van der Waals surface area (Å²) in [4.78, 5) is 24.2. The maximum Gasteiger partial charge on any atom is 0.330 e. The van der Waals surface area contributed by atoms with E-state index in [1.54, 1.807) is 6.08 Å². The maximum absolute atomic E-state index is 13.0. The van der Waals surface area contributed by atoms with E-state index in [1.165, 1.54) is 13.2 Å². The zero-order valence-corrected chi connectivity index (χ0v) is 14.7. The molecule has 0 fully saturated rings. The van der Waals surface area contributed by atoms with Crippen molar-refractivity contribution in [1.29, 1.82) is 0 Å². The molecule has 4 heteroatoms. The van der Waals surface area contributed by atoms with E-state index in [9.17, 15) is 9.59 Å². The number of esters is 1. The van der Waals surface area contributed by atoms with Crippen molar-refractivity contribution >= 4 is 25.5 Å². The van der Waals surface area contributed by atoms with Gasteiger partial charge in [-0.1, -0.05) is 58.1 Å². The van der Waals surface area contributed by atoms with E-state index in [0.717, 1.165) is 5.56 Å². The van der Waals surface area contributed by atoms with Gasteiger partial charge in [0.05, 0.1) is 7.11 Å². The first-order chi connectivity index (χ1) is 9.61. The molecule has 114 valence electrons. The van der Waals surface area contributed by atoms with Gasteiger partial charge in [0.15, 0.2) is 0 Å². The van der Waals surface area contributed by atoms with E-state index >= 15 is 0 Å². The number of carbonyl (C=O) groups is 2. The molecule has 0 aliphatic carbocycles. The first-order valence-electron chi connectivity index (χ1n) is 7.01. The molecule has 0 unspecified atom stereocenters. The molecule has 0 amide bonds. The lowest BCUT2D eigenvalue weighted by Gasteiger charge is -2.35. The van der Waals surface area contributed by atoms with Gasteiger partial charge in [-0.15, -0.1) is 0 Å². The van der Waals surface area contributed by atoms with Crippen LogP contribution in [-0.2, 0) is 9.53 Å². The molecule has 3 nitrogen and oxygen atoms in total. The molecule has 0 saturated carbocycles. The fraction of sp³-hybridized carbons (Fsp3) is 0.412. The number of hydrogen-bond acceptors (Lipinski definition) is 3. The zero-order chi connectivity index (χ0) is 16.3. The van der Waals surface area contributed by atoms with Crippen LogP contribution >= 0.6 is 0 Å². The van der Waals surface area contributed by atoms with Gasteiger partial charge in [-0.3, -0.25) is 0 Å². The standard InChI is InChI=1S/C17H24O3Si/c1-17(2,3)21(5,6)16(19)14-10-8-7-9-13(14)11-12-15(18)20-4/h7-12H,1-6H3/b12-11+. The van der Waals surface area contributed by atoms with Crippen molar-refractivity contribution in [2.45, 2.75) is 38.9 Å². The van der Waals surface area contributed by atoms with Gasteiger partial charge in [-0.25, -0.2) is 4.79 Å². The van der Waals surface area contributed by atoms with Crippen molar-refractivity contribution in [3.8, 4) is 0 Å². The van der Waals surface area contributed by atoms with E-state index in [4.69, 9.17) is 0 Å². The minimum absolute atomic E-state index is 0.0245. The Morgan fingerprint density at radius 3 is 2.24 bits per heavy atom. The second-order valence-corrected chi connectivity index (χ2v) is 11.9. The number of methoxy groups -OCH3 is 1. The van der Waals surface area contributed by atoms with Gasteiger partial charge >= 0.3 is 5.97 Å². The molecular formula is C17H24O3Si. The van der Waals surface area contributed by atoms with Crippen LogP contribution in [-0.4, -0.2) is 26.6 Å². The fourth-order valence-corrected chi connectivity index (χ4v) is 3.33. The van der Waals surface area contributed by atoms with Crippen molar-refractivity contribution in [1.82, 2.24) is 0 Å². The average Bonchev–Trinajstić information content (AvgIpc) is 2.42. The lowest BCUT2D eigenvalue weighted by Crippen LogP contribution is -2.46. The average molecular weight is 304 g/mol. The molecule has 1 aromatic rings. The Kier molecular flexibility index (Phi) is 5.29. The van der Waals surface area contributed by atoms with Gasteiger partial charge in [0.25, 0.3) is 0 Å². The van der Waals surface area contributed by atoms with Gasteiger partial charge in [-0.2, -0.15) is 0 Å². The minimum atomic E-state index is -2.13. The summed E-state index contributed by atoms with van der Waals surface area (Å²) in [6, 6.07) is 7.40. The van der Waals surface area contributed by atoms with E-state index in [1.807, 2.05) is 24.3 Å². The normalized spacial score (nSPS) is 12.5. The summed E-state index contributed by atoms with van der Waals surface area (Å²) >= 11 is 0. The molecule has 0 spiro atoms. The zero-order valence-electron chi connectivity index (χ0n) is 13.7. The molecule has 0 radical (unpaired) electrons. The van der Waals surface area contributed by atoms with Crippen LogP contribution in [0.5, 0.6) is 0 Å². The minimum Gasteiger partial charge on any atom is -0.466 e. The Morgan fingerprint density at radius 2 is 1.71 bits per heavy atom. The second-order valence-electron chi connectivity index (χ2n) is 6.65. The number of benzene rings is 1. The van der Waals surface area contributed by atoms with Crippen molar-refractivity contribution in [2.75, 3.05) is 7.11 Å². The lowest BCUT2D eigenvalue weighted by atomic mass is 10.1. The third-order valence-electron chi connectivity index (χ3n) is 4.25. The maximum atomic E-state index is 13.0. The summed E-state index contributed by atoms with van der Waals surface area (Å²) in [6.45, 7) is 10.5. The van der Waals surface area contributed by atoms with Crippen molar-refractivity contribution in [3.63, 3.8) is 0 Å². The second kappa shape index (κ2) is 6.39. The van der Waals surface area contributed by atoms with Crippen LogP contribution in [0.1, 0.15) is 36.7 Å². The van der Waals surface area contributed by atoms with Crippen LogP contribution in [0.3, 0.4) is 0 Å². The number of rotatable bonds is 4. The molecule has 0 bridgehead atoms. The van der Waals surface area contributed by atoms with E-state index in [2.05, 4.69) is 38.6 Å².